The third kappa shape index (κ3) is 1.41. The van der Waals surface area contributed by atoms with Gasteiger partial charge in [-0.2, -0.15) is 0 Å². The minimum atomic E-state index is 0.902. The molecule has 2 aliphatic carbocycles. The fourth-order valence-corrected chi connectivity index (χ4v) is 3.22. The Labute approximate surface area is 84.3 Å². The molecule has 0 spiro atoms. The van der Waals surface area contributed by atoms with Gasteiger partial charge >= 0.3 is 0 Å². The zero-order valence-electron chi connectivity index (χ0n) is 8.37. The van der Waals surface area contributed by atoms with Crippen LogP contribution in [0.4, 0.5) is 5.95 Å². The molecule has 3 atom stereocenters. The summed E-state index contributed by atoms with van der Waals surface area (Å²) >= 11 is 0. The van der Waals surface area contributed by atoms with Gasteiger partial charge in [-0.15, -0.1) is 0 Å². The standard InChI is InChI=1S/C11H17N3/c1-2-9-5-8(1)6-10(9)7-14-11-12-3-4-13-11/h3-4,8-10H,1-2,5-7H2,(H2,12,13,14). The normalized spacial score (nSPS) is 35.0. The van der Waals surface area contributed by atoms with Crippen molar-refractivity contribution >= 4 is 5.95 Å². The van der Waals surface area contributed by atoms with E-state index in [1.165, 1.54) is 25.7 Å². The molecule has 3 unspecified atom stereocenters. The van der Waals surface area contributed by atoms with Crippen LogP contribution in [0.15, 0.2) is 12.4 Å². The Kier molecular flexibility index (Phi) is 1.96. The summed E-state index contributed by atoms with van der Waals surface area (Å²) in [5.41, 5.74) is 0. The van der Waals surface area contributed by atoms with E-state index >= 15 is 0 Å². The van der Waals surface area contributed by atoms with Gasteiger partial charge in [0, 0.05) is 18.9 Å². The molecule has 1 heterocycles. The van der Waals surface area contributed by atoms with E-state index in [-0.39, 0.29) is 0 Å². The van der Waals surface area contributed by atoms with Gasteiger partial charge in [0.25, 0.3) is 0 Å². The number of imidazole rings is 1. The van der Waals surface area contributed by atoms with Crippen LogP contribution in [-0.4, -0.2) is 16.5 Å². The van der Waals surface area contributed by atoms with E-state index in [4.69, 9.17) is 0 Å². The van der Waals surface area contributed by atoms with E-state index in [0.29, 0.717) is 0 Å². The number of aromatic nitrogens is 2. The highest BCUT2D eigenvalue weighted by Gasteiger charge is 2.39. The molecule has 3 nitrogen and oxygen atoms in total. The Balaban J connectivity index is 1.54. The molecule has 0 saturated heterocycles. The number of H-pyrrole nitrogens is 1. The van der Waals surface area contributed by atoms with Crippen LogP contribution in [0, 0.1) is 17.8 Å². The Morgan fingerprint density at radius 1 is 1.43 bits per heavy atom. The summed E-state index contributed by atoms with van der Waals surface area (Å²) in [5, 5.41) is 3.38. The Morgan fingerprint density at radius 3 is 3.07 bits per heavy atom. The van der Waals surface area contributed by atoms with Crippen LogP contribution in [0.1, 0.15) is 25.7 Å². The fraction of sp³-hybridized carbons (Fsp3) is 0.727. The highest BCUT2D eigenvalue weighted by Crippen LogP contribution is 2.48. The number of hydrogen-bond donors (Lipinski definition) is 2. The van der Waals surface area contributed by atoms with Crippen LogP contribution in [-0.2, 0) is 0 Å². The van der Waals surface area contributed by atoms with Crippen LogP contribution < -0.4 is 5.32 Å². The van der Waals surface area contributed by atoms with E-state index in [1.807, 2.05) is 6.20 Å². The molecule has 1 aromatic heterocycles. The number of aromatic amines is 1. The smallest absolute Gasteiger partial charge is 0.200 e. The number of fused-ring (bicyclic) bond motifs is 2. The predicted octanol–water partition coefficient (Wildman–Crippen LogP) is 2.26. The van der Waals surface area contributed by atoms with Crippen LogP contribution >= 0.6 is 0 Å². The van der Waals surface area contributed by atoms with Gasteiger partial charge in [0.2, 0.25) is 0 Å². The molecule has 0 aliphatic heterocycles. The topological polar surface area (TPSA) is 40.7 Å². The van der Waals surface area contributed by atoms with Gasteiger partial charge in [-0.1, -0.05) is 6.42 Å². The van der Waals surface area contributed by atoms with Crippen molar-refractivity contribution in [1.29, 1.82) is 0 Å². The largest absolute Gasteiger partial charge is 0.356 e. The molecule has 2 N–H and O–H groups in total. The molecule has 2 bridgehead atoms. The maximum Gasteiger partial charge on any atom is 0.200 e. The second-order valence-corrected chi connectivity index (χ2v) is 4.75. The molecule has 2 saturated carbocycles. The zero-order valence-corrected chi connectivity index (χ0v) is 8.37. The molecule has 2 aliphatic rings. The summed E-state index contributed by atoms with van der Waals surface area (Å²) in [6.45, 7) is 1.11. The van der Waals surface area contributed by atoms with Crippen molar-refractivity contribution < 1.29 is 0 Å². The van der Waals surface area contributed by atoms with E-state index < -0.39 is 0 Å². The average molecular weight is 191 g/mol. The van der Waals surface area contributed by atoms with E-state index in [1.54, 1.807) is 6.20 Å². The van der Waals surface area contributed by atoms with E-state index in [2.05, 4.69) is 15.3 Å². The molecule has 3 heteroatoms. The first-order valence-corrected chi connectivity index (χ1v) is 5.65. The van der Waals surface area contributed by atoms with Gasteiger partial charge in [-0.05, 0) is 37.0 Å². The minimum absolute atomic E-state index is 0.902. The number of nitrogens with zero attached hydrogens (tertiary/aromatic N) is 1. The van der Waals surface area contributed by atoms with Crippen LogP contribution in [0.25, 0.3) is 0 Å². The number of nitrogens with one attached hydrogen (secondary N) is 2. The lowest BCUT2D eigenvalue weighted by Gasteiger charge is -2.21. The lowest BCUT2D eigenvalue weighted by molar-refractivity contribution is 0.348. The summed E-state index contributed by atoms with van der Waals surface area (Å²) in [6, 6.07) is 0. The van der Waals surface area contributed by atoms with Gasteiger partial charge < -0.3 is 10.3 Å². The van der Waals surface area contributed by atoms with Crippen molar-refractivity contribution in [2.75, 3.05) is 11.9 Å². The summed E-state index contributed by atoms with van der Waals surface area (Å²) in [5.74, 6) is 3.87. The van der Waals surface area contributed by atoms with Crippen molar-refractivity contribution in [3.63, 3.8) is 0 Å². The maximum absolute atomic E-state index is 4.17. The Morgan fingerprint density at radius 2 is 2.43 bits per heavy atom. The highest BCUT2D eigenvalue weighted by atomic mass is 15.1. The molecular formula is C11H17N3. The fourth-order valence-electron chi connectivity index (χ4n) is 3.22. The van der Waals surface area contributed by atoms with Crippen LogP contribution in [0.3, 0.4) is 0 Å². The van der Waals surface area contributed by atoms with E-state index in [9.17, 15) is 0 Å². The van der Waals surface area contributed by atoms with Crippen molar-refractivity contribution in [2.45, 2.75) is 25.7 Å². The molecule has 1 aromatic rings. The van der Waals surface area contributed by atoms with Crippen molar-refractivity contribution in [3.8, 4) is 0 Å². The van der Waals surface area contributed by atoms with Crippen molar-refractivity contribution in [2.24, 2.45) is 17.8 Å². The van der Waals surface area contributed by atoms with Gasteiger partial charge in [0.1, 0.15) is 0 Å². The number of anilines is 1. The maximum atomic E-state index is 4.17. The Hall–Kier alpha value is -0.990. The van der Waals surface area contributed by atoms with Crippen LogP contribution in [0.5, 0.6) is 0 Å². The summed E-state index contributed by atoms with van der Waals surface area (Å²) in [4.78, 5) is 7.26. The highest BCUT2D eigenvalue weighted by molar-refractivity contribution is 5.22. The van der Waals surface area contributed by atoms with Crippen LogP contribution in [0.2, 0.25) is 0 Å². The molecular weight excluding hydrogens is 174 g/mol. The van der Waals surface area contributed by atoms with Gasteiger partial charge in [0.05, 0.1) is 0 Å². The molecule has 14 heavy (non-hydrogen) atoms. The summed E-state index contributed by atoms with van der Waals surface area (Å²) in [6.07, 6.45) is 9.55. The molecule has 0 radical (unpaired) electrons. The molecule has 0 aromatic carbocycles. The van der Waals surface area contributed by atoms with Gasteiger partial charge in [-0.25, -0.2) is 4.98 Å². The first-order valence-electron chi connectivity index (χ1n) is 5.65. The van der Waals surface area contributed by atoms with Gasteiger partial charge in [0.15, 0.2) is 5.95 Å². The predicted molar refractivity (Wildman–Crippen MR) is 56.0 cm³/mol. The summed E-state index contributed by atoms with van der Waals surface area (Å²) in [7, 11) is 0. The minimum Gasteiger partial charge on any atom is -0.356 e. The molecule has 2 fully saturated rings. The molecule has 3 rings (SSSR count). The second kappa shape index (κ2) is 3.30. The number of hydrogen-bond acceptors (Lipinski definition) is 2. The first-order chi connectivity index (χ1) is 6.92. The Bertz CT molecular complexity index is 293. The molecule has 0 amide bonds. The number of rotatable bonds is 3. The van der Waals surface area contributed by atoms with Gasteiger partial charge in [-0.3, -0.25) is 0 Å². The lowest BCUT2D eigenvalue weighted by Crippen LogP contribution is -2.20. The van der Waals surface area contributed by atoms with Crippen molar-refractivity contribution in [1.82, 2.24) is 9.97 Å². The summed E-state index contributed by atoms with van der Waals surface area (Å²) < 4.78 is 0. The third-order valence-corrected chi connectivity index (χ3v) is 3.91. The molecule has 76 valence electrons. The monoisotopic (exact) mass is 191 g/mol. The van der Waals surface area contributed by atoms with Crippen molar-refractivity contribution in [3.05, 3.63) is 12.4 Å². The SMILES string of the molecule is c1c[nH]c(NCC2CC3CCC2C3)n1. The first kappa shape index (κ1) is 8.33. The second-order valence-electron chi connectivity index (χ2n) is 4.75. The third-order valence-electron chi connectivity index (χ3n) is 3.91. The zero-order chi connectivity index (χ0) is 9.38. The average Bonchev–Trinajstić information content (AvgIpc) is 2.91. The quantitative estimate of drug-likeness (QED) is 0.769. The lowest BCUT2D eigenvalue weighted by atomic mass is 9.89. The van der Waals surface area contributed by atoms with E-state index in [0.717, 1.165) is 30.2 Å².